The Kier molecular flexibility index (Phi) is 21.0. The fraction of sp³-hybridized carbons (Fsp3) is 0.515. The summed E-state index contributed by atoms with van der Waals surface area (Å²) in [6.07, 6.45) is 5.85. The van der Waals surface area contributed by atoms with Gasteiger partial charge in [0.25, 0.3) is 11.8 Å². The predicted octanol–water partition coefficient (Wildman–Crippen LogP) is 8.32. The lowest BCUT2D eigenvalue weighted by atomic mass is 9.70. The molecule has 6 aliphatic rings. The van der Waals surface area contributed by atoms with E-state index in [-0.39, 0.29) is 113 Å². The SMILES string of the molecule is COCCC1(C)C(=O)c2c(O)c(=O)c(C(=O)NCc3ccc(F)cc3F)cn2C2CC(C)OC21.COCCC1(C)C(=O)c2c(OC)c(=O)c(Br)cn2C2CC(C)OC21.COCCC1(C)C(=O)c2c(OC)c(=O)c(C(=O)NCc3ccc(F)cc3F)cn2C2CC(C)OC21. The number of nitrogens with zero attached hydrogens (tertiary/aromatic N) is 3. The van der Waals surface area contributed by atoms with E-state index in [2.05, 4.69) is 26.6 Å². The summed E-state index contributed by atoms with van der Waals surface area (Å²) >= 11 is 3.28. The Labute approximate surface area is 541 Å². The van der Waals surface area contributed by atoms with E-state index in [1.807, 2.05) is 32.3 Å². The molecule has 22 nitrogen and oxygen atoms in total. The lowest BCUT2D eigenvalue weighted by Gasteiger charge is -2.43. The van der Waals surface area contributed by atoms with Crippen molar-refractivity contribution in [2.75, 3.05) is 55.4 Å². The molecule has 3 saturated heterocycles. The van der Waals surface area contributed by atoms with Gasteiger partial charge < -0.3 is 67.3 Å². The molecule has 6 aliphatic heterocycles. The zero-order valence-corrected chi connectivity index (χ0v) is 55.0. The minimum absolute atomic E-state index is 0.0136. The first-order valence-electron chi connectivity index (χ1n) is 30.4. The summed E-state index contributed by atoms with van der Waals surface area (Å²) in [5.74, 6) is -6.63. The van der Waals surface area contributed by atoms with Gasteiger partial charge in [0.15, 0.2) is 34.6 Å². The molecular formula is C66H76BrF4N5O17. The van der Waals surface area contributed by atoms with Crippen LogP contribution in [0.15, 0.2) is 73.8 Å². The molecule has 3 N–H and O–H groups in total. The largest absolute Gasteiger partial charge is 0.503 e. The minimum Gasteiger partial charge on any atom is -0.503 e. The molecule has 3 aromatic heterocycles. The molecule has 502 valence electrons. The van der Waals surface area contributed by atoms with Crippen molar-refractivity contribution in [2.45, 2.75) is 148 Å². The third-order valence-corrected chi connectivity index (χ3v) is 19.5. The third-order valence-electron chi connectivity index (χ3n) is 18.9. The smallest absolute Gasteiger partial charge is 0.257 e. The molecule has 2 aromatic carbocycles. The van der Waals surface area contributed by atoms with Crippen LogP contribution in [0.1, 0.15) is 162 Å². The van der Waals surface area contributed by atoms with Gasteiger partial charge in [-0.25, -0.2) is 17.6 Å². The average Bonchev–Trinajstić information content (AvgIpc) is 1.72. The zero-order valence-electron chi connectivity index (χ0n) is 53.4. The molecule has 0 spiro atoms. The number of Topliss-reactive ketones (excluding diaryl/α,β-unsaturated/α-hetero) is 3. The van der Waals surface area contributed by atoms with Crippen LogP contribution >= 0.6 is 15.9 Å². The summed E-state index contributed by atoms with van der Waals surface area (Å²) < 4.78 is 104. The molecule has 12 atom stereocenters. The molecule has 2 amide bonds. The highest BCUT2D eigenvalue weighted by molar-refractivity contribution is 9.10. The predicted molar refractivity (Wildman–Crippen MR) is 330 cm³/mol. The molecule has 0 radical (unpaired) electrons. The van der Waals surface area contributed by atoms with Crippen LogP contribution in [0.2, 0.25) is 0 Å². The maximum absolute atomic E-state index is 14.0. The highest BCUT2D eigenvalue weighted by atomic mass is 79.9. The van der Waals surface area contributed by atoms with Crippen molar-refractivity contribution in [1.82, 2.24) is 24.3 Å². The van der Waals surface area contributed by atoms with Crippen molar-refractivity contribution in [2.24, 2.45) is 16.2 Å². The Bertz CT molecular complexity index is 3960. The van der Waals surface area contributed by atoms with Gasteiger partial charge in [0.05, 0.1) is 89.7 Å². The number of hydrogen-bond donors (Lipinski definition) is 3. The van der Waals surface area contributed by atoms with Crippen LogP contribution in [0.4, 0.5) is 17.6 Å². The number of nitrogens with one attached hydrogen (secondary N) is 2. The fourth-order valence-corrected chi connectivity index (χ4v) is 14.2. The van der Waals surface area contributed by atoms with Crippen molar-refractivity contribution in [1.29, 1.82) is 0 Å². The zero-order chi connectivity index (χ0) is 67.9. The van der Waals surface area contributed by atoms with Gasteiger partial charge in [-0.3, -0.25) is 38.4 Å². The molecule has 11 rings (SSSR count). The van der Waals surface area contributed by atoms with Gasteiger partial charge in [-0.15, -0.1) is 0 Å². The Morgan fingerprint density at radius 2 is 0.892 bits per heavy atom. The normalized spacial score (nSPS) is 27.1. The monoisotopic (exact) mass is 1370 g/mol. The number of rotatable bonds is 17. The van der Waals surface area contributed by atoms with E-state index in [1.54, 1.807) is 38.8 Å². The first-order valence-corrected chi connectivity index (χ1v) is 31.2. The number of carbonyl (C=O) groups excluding carboxylic acids is 5. The second kappa shape index (κ2) is 27.9. The van der Waals surface area contributed by atoms with Crippen LogP contribution in [0.3, 0.4) is 0 Å². The molecule has 5 aromatic rings. The van der Waals surface area contributed by atoms with Crippen LogP contribution in [0.25, 0.3) is 0 Å². The lowest BCUT2D eigenvalue weighted by Crippen LogP contribution is -2.51. The number of carbonyl (C=O) groups is 5. The van der Waals surface area contributed by atoms with E-state index >= 15 is 0 Å². The van der Waals surface area contributed by atoms with Crippen molar-refractivity contribution in [3.8, 4) is 17.2 Å². The van der Waals surface area contributed by atoms with Crippen LogP contribution in [0, 0.1) is 39.5 Å². The van der Waals surface area contributed by atoms with E-state index in [1.165, 1.54) is 50.4 Å². The molecule has 0 saturated carbocycles. The number of hydrogen-bond acceptors (Lipinski definition) is 17. The van der Waals surface area contributed by atoms with Gasteiger partial charge in [-0.2, -0.15) is 0 Å². The molecular weight excluding hydrogens is 1290 g/mol. The van der Waals surface area contributed by atoms with Gasteiger partial charge in [-0.1, -0.05) is 12.1 Å². The van der Waals surface area contributed by atoms with Crippen molar-refractivity contribution < 1.29 is 84.5 Å². The summed E-state index contributed by atoms with van der Waals surface area (Å²) in [6.45, 7) is 11.7. The number of benzene rings is 2. The summed E-state index contributed by atoms with van der Waals surface area (Å²) in [5.41, 5.74) is -5.08. The number of fused-ring (bicyclic) bond motifs is 9. The molecule has 9 heterocycles. The number of aromatic nitrogens is 3. The number of ether oxygens (including phenoxy) is 8. The van der Waals surface area contributed by atoms with Gasteiger partial charge >= 0.3 is 0 Å². The van der Waals surface area contributed by atoms with E-state index in [0.29, 0.717) is 67.6 Å². The average molecular weight is 1370 g/mol. The van der Waals surface area contributed by atoms with E-state index < -0.39 is 97.5 Å². The quantitative estimate of drug-likeness (QED) is 0.0738. The van der Waals surface area contributed by atoms with Crippen molar-refractivity contribution >= 4 is 45.1 Å². The fourth-order valence-electron chi connectivity index (χ4n) is 13.8. The number of ketones is 3. The summed E-state index contributed by atoms with van der Waals surface area (Å²) in [4.78, 5) is 105. The van der Waals surface area contributed by atoms with E-state index in [4.69, 9.17) is 37.9 Å². The van der Waals surface area contributed by atoms with E-state index in [0.717, 1.165) is 18.6 Å². The lowest BCUT2D eigenvalue weighted by molar-refractivity contribution is -0.0427. The molecule has 0 bridgehead atoms. The Hall–Kier alpha value is -7.40. The molecule has 3 fully saturated rings. The first-order chi connectivity index (χ1) is 44.0. The van der Waals surface area contributed by atoms with Gasteiger partial charge in [0.2, 0.25) is 16.3 Å². The summed E-state index contributed by atoms with van der Waals surface area (Å²) in [6, 6.07) is 5.22. The standard InChI is InChI=1S/C25H28F2N2O6.C24H26F2N2O6.C17H22BrNO5/c1-13-9-18-23(35-13)25(2,7-8-33-3)22(31)19-21(34-4)20(30)16(12-29(18)19)24(32)28-11-14-5-6-15(26)10-17(14)27;1-12-8-17-22(34-12)24(2,6-7-33-3)21(31)18-20(30)19(29)15(11-28(17)18)23(32)27-10-13-4-5-14(25)9-16(13)26;1-9-7-11-16(24-9)17(2,5-6-22-3)15(21)12-14(23-4)13(20)10(18)8-19(11)12/h5-6,10,12-13,18,23H,7-9,11H2,1-4H3,(H,28,32);4-5,9,11-12,17,22,30H,6-8,10H2,1-3H3,(H,27,32);8-9,11,16H,5-7H2,1-4H3. The summed E-state index contributed by atoms with van der Waals surface area (Å²) in [5, 5.41) is 15.7. The number of pyridine rings is 3. The second-order valence-corrected chi connectivity index (χ2v) is 25.9. The number of methoxy groups -OCH3 is 5. The number of amides is 2. The molecule has 93 heavy (non-hydrogen) atoms. The Balaban J connectivity index is 0.000000168. The Morgan fingerprint density at radius 1 is 0.548 bits per heavy atom. The maximum atomic E-state index is 14.0. The first kappa shape index (κ1) is 69.9. The van der Waals surface area contributed by atoms with Crippen molar-refractivity contribution in [3.63, 3.8) is 0 Å². The topological polar surface area (TPSA) is 269 Å². The van der Waals surface area contributed by atoms with Gasteiger partial charge in [0.1, 0.15) is 51.5 Å². The van der Waals surface area contributed by atoms with E-state index in [9.17, 15) is 61.0 Å². The highest BCUT2D eigenvalue weighted by Crippen LogP contribution is 2.53. The van der Waals surface area contributed by atoms with Gasteiger partial charge in [0, 0.05) is 96.1 Å². The maximum Gasteiger partial charge on any atom is 0.257 e. The van der Waals surface area contributed by atoms with Crippen molar-refractivity contribution in [3.05, 3.63) is 153 Å². The second-order valence-electron chi connectivity index (χ2n) is 25.0. The number of halogens is 5. The number of aromatic hydroxyl groups is 1. The van der Waals surface area contributed by atoms with Crippen LogP contribution in [-0.4, -0.2) is 140 Å². The third kappa shape index (κ3) is 12.9. The molecule has 12 unspecified atom stereocenters. The minimum atomic E-state index is -1.03. The van der Waals surface area contributed by atoms with Crippen LogP contribution < -0.4 is 36.4 Å². The molecule has 27 heteroatoms. The highest BCUT2D eigenvalue weighted by Gasteiger charge is 2.59. The van der Waals surface area contributed by atoms with Crippen LogP contribution in [-0.2, 0) is 41.5 Å². The molecule has 0 aliphatic carbocycles. The summed E-state index contributed by atoms with van der Waals surface area (Å²) in [7, 11) is 7.37. The van der Waals surface area contributed by atoms with Gasteiger partial charge in [-0.05, 0) is 108 Å². The Morgan fingerprint density at radius 3 is 1.26 bits per heavy atom. The van der Waals surface area contributed by atoms with Crippen LogP contribution in [0.5, 0.6) is 17.2 Å².